The molecule has 122 valence electrons. The number of hydrogen-bond donors (Lipinski definition) is 1. The minimum atomic E-state index is -0.370. The number of nitrogen functional groups attached to an aromatic ring is 1. The SMILES string of the molecule is Nc1cnc(-c2cnn(CC(=O)OCc3ccccc3)c2)c(Cl)c1. The molecule has 0 aliphatic heterocycles. The first-order valence-corrected chi connectivity index (χ1v) is 7.63. The lowest BCUT2D eigenvalue weighted by Gasteiger charge is -2.05. The first-order chi connectivity index (χ1) is 11.6. The van der Waals surface area contributed by atoms with Crippen LogP contribution in [0.5, 0.6) is 0 Å². The molecule has 1 aromatic carbocycles. The lowest BCUT2D eigenvalue weighted by atomic mass is 10.2. The fourth-order valence-corrected chi connectivity index (χ4v) is 2.44. The highest BCUT2D eigenvalue weighted by atomic mass is 35.5. The molecule has 0 atom stereocenters. The van der Waals surface area contributed by atoms with E-state index in [0.717, 1.165) is 5.56 Å². The summed E-state index contributed by atoms with van der Waals surface area (Å²) >= 11 is 6.13. The molecule has 7 heteroatoms. The van der Waals surface area contributed by atoms with Gasteiger partial charge in [0.15, 0.2) is 0 Å². The third kappa shape index (κ3) is 3.91. The van der Waals surface area contributed by atoms with Gasteiger partial charge in [-0.3, -0.25) is 14.5 Å². The molecule has 0 saturated heterocycles. The Morgan fingerprint density at radius 2 is 2.04 bits per heavy atom. The van der Waals surface area contributed by atoms with Crippen LogP contribution in [0.25, 0.3) is 11.3 Å². The average Bonchev–Trinajstić information content (AvgIpc) is 3.02. The fourth-order valence-electron chi connectivity index (χ4n) is 2.15. The first-order valence-electron chi connectivity index (χ1n) is 7.25. The molecule has 0 aliphatic rings. The molecule has 6 nitrogen and oxygen atoms in total. The van der Waals surface area contributed by atoms with E-state index in [0.29, 0.717) is 22.0 Å². The van der Waals surface area contributed by atoms with E-state index in [9.17, 15) is 4.79 Å². The average molecular weight is 343 g/mol. The van der Waals surface area contributed by atoms with Crippen LogP contribution in [0.2, 0.25) is 5.02 Å². The number of esters is 1. The van der Waals surface area contributed by atoms with Crippen LogP contribution < -0.4 is 5.73 Å². The number of nitrogens with two attached hydrogens (primary N) is 1. The van der Waals surface area contributed by atoms with Crippen molar-refractivity contribution >= 4 is 23.3 Å². The zero-order valence-electron chi connectivity index (χ0n) is 12.7. The number of benzene rings is 1. The number of rotatable bonds is 5. The summed E-state index contributed by atoms with van der Waals surface area (Å²) in [5.74, 6) is -0.370. The number of carbonyl (C=O) groups excluding carboxylic acids is 1. The van der Waals surface area contributed by atoms with Gasteiger partial charge in [0.1, 0.15) is 13.2 Å². The smallest absolute Gasteiger partial charge is 0.328 e. The molecule has 0 saturated carbocycles. The van der Waals surface area contributed by atoms with Crippen molar-refractivity contribution in [1.29, 1.82) is 0 Å². The standard InChI is InChI=1S/C17H15ClN4O2/c18-15-6-14(19)8-20-17(15)13-7-21-22(9-13)10-16(23)24-11-12-4-2-1-3-5-12/h1-9H,10-11,19H2. The number of carbonyl (C=O) groups is 1. The van der Waals surface area contributed by atoms with Gasteiger partial charge >= 0.3 is 5.97 Å². The number of ether oxygens (including phenoxy) is 1. The van der Waals surface area contributed by atoms with Gasteiger partial charge in [0.2, 0.25) is 0 Å². The third-order valence-electron chi connectivity index (χ3n) is 3.30. The molecule has 0 spiro atoms. The first kappa shape index (κ1) is 16.0. The van der Waals surface area contributed by atoms with Crippen molar-refractivity contribution < 1.29 is 9.53 Å². The molecule has 24 heavy (non-hydrogen) atoms. The molecule has 2 heterocycles. The van der Waals surface area contributed by atoms with E-state index >= 15 is 0 Å². The number of nitrogens with zero attached hydrogens (tertiary/aromatic N) is 3. The largest absolute Gasteiger partial charge is 0.459 e. The van der Waals surface area contributed by atoms with Gasteiger partial charge in [0.25, 0.3) is 0 Å². The lowest BCUT2D eigenvalue weighted by Crippen LogP contribution is -2.13. The Hall–Kier alpha value is -2.86. The zero-order chi connectivity index (χ0) is 16.9. The fraction of sp³-hybridized carbons (Fsp3) is 0.118. The molecule has 0 unspecified atom stereocenters. The predicted molar refractivity (Wildman–Crippen MR) is 91.1 cm³/mol. The van der Waals surface area contributed by atoms with Crippen molar-refractivity contribution in [3.63, 3.8) is 0 Å². The number of aromatic nitrogens is 3. The third-order valence-corrected chi connectivity index (χ3v) is 3.59. The van der Waals surface area contributed by atoms with Crippen molar-refractivity contribution in [3.8, 4) is 11.3 Å². The quantitative estimate of drug-likeness (QED) is 0.721. The highest BCUT2D eigenvalue weighted by Gasteiger charge is 2.11. The van der Waals surface area contributed by atoms with Crippen molar-refractivity contribution in [2.75, 3.05) is 5.73 Å². The van der Waals surface area contributed by atoms with Gasteiger partial charge in [-0.05, 0) is 11.6 Å². The Kier molecular flexibility index (Phi) is 4.77. The Morgan fingerprint density at radius 3 is 2.79 bits per heavy atom. The molecule has 0 bridgehead atoms. The van der Waals surface area contributed by atoms with E-state index in [2.05, 4.69) is 10.1 Å². The lowest BCUT2D eigenvalue weighted by molar-refractivity contribution is -0.145. The van der Waals surface area contributed by atoms with Crippen LogP contribution in [0.4, 0.5) is 5.69 Å². The summed E-state index contributed by atoms with van der Waals surface area (Å²) in [5.41, 5.74) is 8.32. The molecule has 0 amide bonds. The topological polar surface area (TPSA) is 83.0 Å². The summed E-state index contributed by atoms with van der Waals surface area (Å²) in [6.07, 6.45) is 4.80. The van der Waals surface area contributed by atoms with E-state index < -0.39 is 0 Å². The molecule has 0 aliphatic carbocycles. The van der Waals surface area contributed by atoms with Gasteiger partial charge in [0.05, 0.1) is 28.8 Å². The molecule has 3 aromatic rings. The number of hydrogen-bond acceptors (Lipinski definition) is 5. The summed E-state index contributed by atoms with van der Waals surface area (Å²) in [5, 5.41) is 4.57. The number of halogens is 1. The second kappa shape index (κ2) is 7.14. The maximum atomic E-state index is 11.9. The Balaban J connectivity index is 1.62. The monoisotopic (exact) mass is 342 g/mol. The summed E-state index contributed by atoms with van der Waals surface area (Å²) < 4.78 is 6.71. The van der Waals surface area contributed by atoms with Gasteiger partial charge in [-0.1, -0.05) is 41.9 Å². The highest BCUT2D eigenvalue weighted by Crippen LogP contribution is 2.26. The summed E-state index contributed by atoms with van der Waals surface area (Å²) in [6, 6.07) is 11.1. The van der Waals surface area contributed by atoms with Crippen LogP contribution in [0.3, 0.4) is 0 Å². The molecule has 0 fully saturated rings. The molecule has 0 radical (unpaired) electrons. The second-order valence-corrected chi connectivity index (χ2v) is 5.58. The number of anilines is 1. The van der Waals surface area contributed by atoms with Crippen molar-refractivity contribution in [2.45, 2.75) is 13.2 Å². The van der Waals surface area contributed by atoms with Crippen molar-refractivity contribution in [1.82, 2.24) is 14.8 Å². The highest BCUT2D eigenvalue weighted by molar-refractivity contribution is 6.33. The summed E-state index contributed by atoms with van der Waals surface area (Å²) in [7, 11) is 0. The van der Waals surface area contributed by atoms with Gasteiger partial charge in [-0.15, -0.1) is 0 Å². The van der Waals surface area contributed by atoms with E-state index in [4.69, 9.17) is 22.1 Å². The van der Waals surface area contributed by atoms with Gasteiger partial charge in [-0.2, -0.15) is 5.10 Å². The van der Waals surface area contributed by atoms with E-state index in [1.165, 1.54) is 10.9 Å². The minimum Gasteiger partial charge on any atom is -0.459 e. The zero-order valence-corrected chi connectivity index (χ0v) is 13.5. The van der Waals surface area contributed by atoms with E-state index in [1.807, 2.05) is 30.3 Å². The Morgan fingerprint density at radius 1 is 1.25 bits per heavy atom. The molecular weight excluding hydrogens is 328 g/mol. The summed E-state index contributed by atoms with van der Waals surface area (Å²) in [6.45, 7) is 0.249. The van der Waals surface area contributed by atoms with Gasteiger partial charge in [0, 0.05) is 11.8 Å². The number of pyridine rings is 1. The van der Waals surface area contributed by atoms with Crippen LogP contribution >= 0.6 is 11.6 Å². The molecule has 3 rings (SSSR count). The van der Waals surface area contributed by atoms with Crippen LogP contribution in [0.1, 0.15) is 5.56 Å². The summed E-state index contributed by atoms with van der Waals surface area (Å²) in [4.78, 5) is 16.1. The molecule has 2 N–H and O–H groups in total. The van der Waals surface area contributed by atoms with Crippen LogP contribution in [0.15, 0.2) is 55.0 Å². The normalized spacial score (nSPS) is 10.5. The van der Waals surface area contributed by atoms with Crippen LogP contribution in [0, 0.1) is 0 Å². The Labute approximate surface area is 143 Å². The van der Waals surface area contributed by atoms with Crippen molar-refractivity contribution in [3.05, 3.63) is 65.6 Å². The van der Waals surface area contributed by atoms with Gasteiger partial charge in [-0.25, -0.2) is 0 Å². The maximum Gasteiger partial charge on any atom is 0.328 e. The van der Waals surface area contributed by atoms with Gasteiger partial charge < -0.3 is 10.5 Å². The Bertz CT molecular complexity index is 849. The minimum absolute atomic E-state index is 0.0133. The molecular formula is C17H15ClN4O2. The van der Waals surface area contributed by atoms with Crippen molar-refractivity contribution in [2.24, 2.45) is 0 Å². The van der Waals surface area contributed by atoms with E-state index in [1.54, 1.807) is 18.5 Å². The second-order valence-electron chi connectivity index (χ2n) is 5.17. The predicted octanol–water partition coefficient (Wildman–Crippen LogP) is 2.92. The maximum absolute atomic E-state index is 11.9. The van der Waals surface area contributed by atoms with E-state index in [-0.39, 0.29) is 19.1 Å². The van der Waals surface area contributed by atoms with Crippen LogP contribution in [-0.2, 0) is 22.7 Å². The molecule has 2 aromatic heterocycles. The van der Waals surface area contributed by atoms with Crippen LogP contribution in [-0.4, -0.2) is 20.7 Å².